The van der Waals surface area contributed by atoms with Crippen molar-refractivity contribution >= 4 is 0 Å². The van der Waals surface area contributed by atoms with E-state index in [-0.39, 0.29) is 17.8 Å². The van der Waals surface area contributed by atoms with E-state index in [0.29, 0.717) is 11.8 Å². The molecule has 0 saturated heterocycles. The van der Waals surface area contributed by atoms with E-state index in [9.17, 15) is 4.39 Å². The second kappa shape index (κ2) is 10.5. The van der Waals surface area contributed by atoms with Crippen molar-refractivity contribution in [3.8, 4) is 23.1 Å². The van der Waals surface area contributed by atoms with Crippen LogP contribution in [0.3, 0.4) is 0 Å². The molecule has 0 radical (unpaired) electrons. The molecule has 0 spiro atoms. The Hall–Kier alpha value is -3.64. The van der Waals surface area contributed by atoms with Crippen LogP contribution >= 0.6 is 0 Å². The van der Waals surface area contributed by atoms with E-state index >= 15 is 0 Å². The third-order valence-electron chi connectivity index (χ3n) is 6.13. The van der Waals surface area contributed by atoms with Gasteiger partial charge in [-0.1, -0.05) is 75.9 Å². The van der Waals surface area contributed by atoms with Gasteiger partial charge in [-0.25, -0.2) is 4.39 Å². The van der Waals surface area contributed by atoms with Crippen LogP contribution in [0, 0.1) is 35.4 Å². The molecular weight excluding hydrogens is 419 g/mol. The van der Waals surface area contributed by atoms with E-state index in [0.717, 1.165) is 28.2 Å². The van der Waals surface area contributed by atoms with Gasteiger partial charge in [0.25, 0.3) is 0 Å². The third kappa shape index (κ3) is 5.29. The van der Waals surface area contributed by atoms with Crippen LogP contribution in [0.2, 0.25) is 0 Å². The number of hydrogen-bond donors (Lipinski definition) is 1. The van der Waals surface area contributed by atoms with Gasteiger partial charge in [-0.3, -0.25) is 4.98 Å². The van der Waals surface area contributed by atoms with Gasteiger partial charge in [-0.2, -0.15) is 0 Å². The lowest BCUT2D eigenvalue weighted by Gasteiger charge is -2.29. The van der Waals surface area contributed by atoms with Gasteiger partial charge < -0.3 is 5.32 Å². The van der Waals surface area contributed by atoms with Gasteiger partial charge in [-0.15, -0.1) is 0 Å². The maximum atomic E-state index is 13.5. The van der Waals surface area contributed by atoms with Crippen molar-refractivity contribution in [2.75, 3.05) is 0 Å². The monoisotopic (exact) mass is 450 g/mol. The number of benzene rings is 2. The van der Waals surface area contributed by atoms with Crippen LogP contribution in [0.5, 0.6) is 0 Å². The molecule has 3 aromatic rings. The molecule has 3 heteroatoms. The zero-order chi connectivity index (χ0) is 24.1. The summed E-state index contributed by atoms with van der Waals surface area (Å²) in [5.74, 6) is 7.23. The minimum absolute atomic E-state index is 0.0962. The number of pyridine rings is 1. The summed E-state index contributed by atoms with van der Waals surface area (Å²) in [6.07, 6.45) is 4.11. The highest BCUT2D eigenvalue weighted by Gasteiger charge is 2.26. The van der Waals surface area contributed by atoms with Crippen molar-refractivity contribution in [2.24, 2.45) is 17.8 Å². The van der Waals surface area contributed by atoms with Crippen molar-refractivity contribution in [3.05, 3.63) is 113 Å². The molecule has 0 bridgehead atoms. The molecule has 1 aromatic heterocycles. The summed E-state index contributed by atoms with van der Waals surface area (Å²) in [4.78, 5) is 5.02. The first kappa shape index (κ1) is 23.5. The van der Waals surface area contributed by atoms with Crippen LogP contribution in [0.15, 0.2) is 96.2 Å². The molecule has 0 aliphatic heterocycles. The lowest BCUT2D eigenvalue weighted by molar-refractivity contribution is 0.481. The fraction of sp³-hybridized carbons (Fsp3) is 0.258. The Morgan fingerprint density at radius 2 is 1.62 bits per heavy atom. The zero-order valence-electron chi connectivity index (χ0n) is 20.2. The molecule has 1 aliphatic carbocycles. The SMILES string of the molecule is CC(C)C1=C(NC(c2ccccc2)c2cccc(-c3ccc(F)cc3)n2)C(C(C)C)C#CC=C1. The molecule has 2 atom stereocenters. The van der Waals surface area contributed by atoms with Gasteiger partial charge >= 0.3 is 0 Å². The molecule has 4 rings (SSSR count). The molecular formula is C31H31FN2. The number of hydrogen-bond acceptors (Lipinski definition) is 2. The normalized spacial score (nSPS) is 16.3. The standard InChI is InChI=1S/C31H31FN2/c1-21(2)26-13-8-9-14-27(22(3)4)31(26)34-30(24-11-6-5-7-12-24)29-16-10-15-28(33-29)23-17-19-25(32)20-18-23/h5-8,10-13,15-22,27,30,34H,1-4H3. The molecule has 2 aromatic carbocycles. The fourth-order valence-electron chi connectivity index (χ4n) is 4.31. The third-order valence-corrected chi connectivity index (χ3v) is 6.13. The van der Waals surface area contributed by atoms with Crippen LogP contribution < -0.4 is 5.32 Å². The minimum atomic E-state index is -0.251. The summed E-state index contributed by atoms with van der Waals surface area (Å²) in [7, 11) is 0. The Kier molecular flexibility index (Phi) is 7.28. The number of nitrogens with one attached hydrogen (secondary N) is 1. The van der Waals surface area contributed by atoms with Crippen LogP contribution in [-0.2, 0) is 0 Å². The van der Waals surface area contributed by atoms with E-state index in [1.54, 1.807) is 12.1 Å². The Bertz CT molecular complexity index is 1240. The molecule has 34 heavy (non-hydrogen) atoms. The van der Waals surface area contributed by atoms with E-state index in [1.165, 1.54) is 17.7 Å². The van der Waals surface area contributed by atoms with Crippen molar-refractivity contribution in [1.29, 1.82) is 0 Å². The van der Waals surface area contributed by atoms with Crippen LogP contribution in [0.1, 0.15) is 45.0 Å². The lowest BCUT2D eigenvalue weighted by Crippen LogP contribution is -2.30. The summed E-state index contributed by atoms with van der Waals surface area (Å²) in [5.41, 5.74) is 6.17. The van der Waals surface area contributed by atoms with Crippen molar-refractivity contribution in [2.45, 2.75) is 33.7 Å². The van der Waals surface area contributed by atoms with Gasteiger partial charge in [-0.05, 0) is 71.5 Å². The van der Waals surface area contributed by atoms with Crippen LogP contribution in [0.25, 0.3) is 11.3 Å². The predicted octanol–water partition coefficient (Wildman–Crippen LogP) is 7.32. The van der Waals surface area contributed by atoms with E-state index in [4.69, 9.17) is 4.98 Å². The highest BCUT2D eigenvalue weighted by atomic mass is 19.1. The second-order valence-corrected chi connectivity index (χ2v) is 9.31. The highest BCUT2D eigenvalue weighted by molar-refractivity contribution is 5.59. The smallest absolute Gasteiger partial charge is 0.123 e. The van der Waals surface area contributed by atoms with Gasteiger partial charge in [0, 0.05) is 11.3 Å². The average molecular weight is 451 g/mol. The van der Waals surface area contributed by atoms with E-state index in [1.807, 2.05) is 24.3 Å². The number of allylic oxidation sites excluding steroid dienone is 4. The quantitative estimate of drug-likeness (QED) is 0.381. The summed E-state index contributed by atoms with van der Waals surface area (Å²) in [6, 6.07) is 22.8. The number of aromatic nitrogens is 1. The molecule has 172 valence electrons. The first-order chi connectivity index (χ1) is 16.4. The molecule has 0 amide bonds. The van der Waals surface area contributed by atoms with Crippen LogP contribution in [0.4, 0.5) is 4.39 Å². The Morgan fingerprint density at radius 3 is 2.29 bits per heavy atom. The minimum Gasteiger partial charge on any atom is -0.375 e. The van der Waals surface area contributed by atoms with E-state index in [2.05, 4.69) is 81.3 Å². The molecule has 0 fully saturated rings. The van der Waals surface area contributed by atoms with Gasteiger partial charge in [0.1, 0.15) is 5.82 Å². The van der Waals surface area contributed by atoms with E-state index < -0.39 is 0 Å². The van der Waals surface area contributed by atoms with Gasteiger partial charge in [0.05, 0.1) is 23.3 Å². The molecule has 1 heterocycles. The molecule has 0 saturated carbocycles. The topological polar surface area (TPSA) is 24.9 Å². The van der Waals surface area contributed by atoms with Crippen LogP contribution in [-0.4, -0.2) is 4.98 Å². The molecule has 2 nitrogen and oxygen atoms in total. The number of nitrogens with zero attached hydrogens (tertiary/aromatic N) is 1. The summed E-state index contributed by atoms with van der Waals surface area (Å²) in [5, 5.41) is 3.88. The predicted molar refractivity (Wildman–Crippen MR) is 138 cm³/mol. The Balaban J connectivity index is 1.82. The average Bonchev–Trinajstić information content (AvgIpc) is 3.06. The van der Waals surface area contributed by atoms with Gasteiger partial charge in [0.15, 0.2) is 0 Å². The summed E-state index contributed by atoms with van der Waals surface area (Å²) < 4.78 is 13.5. The highest BCUT2D eigenvalue weighted by Crippen LogP contribution is 2.32. The summed E-state index contributed by atoms with van der Waals surface area (Å²) in [6.45, 7) is 8.87. The first-order valence-corrected chi connectivity index (χ1v) is 11.9. The summed E-state index contributed by atoms with van der Waals surface area (Å²) >= 11 is 0. The second-order valence-electron chi connectivity index (χ2n) is 9.31. The molecule has 2 unspecified atom stereocenters. The number of rotatable bonds is 7. The Labute approximate surface area is 202 Å². The van der Waals surface area contributed by atoms with Crippen molar-refractivity contribution < 1.29 is 4.39 Å². The maximum Gasteiger partial charge on any atom is 0.123 e. The largest absolute Gasteiger partial charge is 0.375 e. The Morgan fingerprint density at radius 1 is 0.882 bits per heavy atom. The zero-order valence-corrected chi connectivity index (χ0v) is 20.2. The first-order valence-electron chi connectivity index (χ1n) is 11.9. The molecule has 1 aliphatic rings. The number of halogens is 1. The van der Waals surface area contributed by atoms with Gasteiger partial charge in [0.2, 0.25) is 0 Å². The van der Waals surface area contributed by atoms with Crippen molar-refractivity contribution in [3.63, 3.8) is 0 Å². The molecule has 1 N–H and O–H groups in total. The van der Waals surface area contributed by atoms with Crippen molar-refractivity contribution in [1.82, 2.24) is 10.3 Å². The lowest BCUT2D eigenvalue weighted by atomic mass is 9.86. The fourth-order valence-corrected chi connectivity index (χ4v) is 4.31. The maximum absolute atomic E-state index is 13.5.